The third kappa shape index (κ3) is 6.31. The Hall–Kier alpha value is -5.07. The normalized spacial score (nSPS) is 18.5. The summed E-state index contributed by atoms with van der Waals surface area (Å²) in [5.74, 6) is -1.07. The maximum atomic E-state index is 14.0. The molecule has 2 aliphatic heterocycles. The third-order valence-electron chi connectivity index (χ3n) is 7.82. The van der Waals surface area contributed by atoms with Crippen molar-refractivity contribution in [2.24, 2.45) is 0 Å². The van der Waals surface area contributed by atoms with Crippen LogP contribution in [0.25, 0.3) is 0 Å². The van der Waals surface area contributed by atoms with Crippen LogP contribution < -0.4 is 15.5 Å². The van der Waals surface area contributed by atoms with Gasteiger partial charge in [-0.1, -0.05) is 30.3 Å². The number of alkyl halides is 3. The summed E-state index contributed by atoms with van der Waals surface area (Å²) in [4.78, 5) is 53.4. The van der Waals surface area contributed by atoms with Gasteiger partial charge in [-0.05, 0) is 60.9 Å². The minimum Gasteiger partial charge on any atom is -0.465 e. The summed E-state index contributed by atoms with van der Waals surface area (Å²) in [5.41, 5.74) is -0.836. The molecule has 13 heteroatoms. The van der Waals surface area contributed by atoms with Gasteiger partial charge in [0.15, 0.2) is 5.60 Å². The predicted molar refractivity (Wildman–Crippen MR) is 153 cm³/mol. The summed E-state index contributed by atoms with van der Waals surface area (Å²) in [6.07, 6.45) is -5.99. The molecule has 44 heavy (non-hydrogen) atoms. The van der Waals surface area contributed by atoms with Gasteiger partial charge in [0.2, 0.25) is 5.91 Å². The number of nitrogens with one attached hydrogen (secondary N) is 2. The molecule has 0 saturated carbocycles. The number of halogens is 3. The predicted octanol–water partition coefficient (Wildman–Crippen LogP) is 5.24. The zero-order valence-electron chi connectivity index (χ0n) is 23.6. The molecule has 3 N–H and O–H groups in total. The molecule has 0 radical (unpaired) electrons. The van der Waals surface area contributed by atoms with Crippen LogP contribution >= 0.6 is 0 Å². The van der Waals surface area contributed by atoms with Crippen LogP contribution in [0, 0.1) is 0 Å². The topological polar surface area (TPSA) is 128 Å². The van der Waals surface area contributed by atoms with Crippen molar-refractivity contribution in [1.29, 1.82) is 0 Å². The highest BCUT2D eigenvalue weighted by molar-refractivity contribution is 5.98. The molecular weight excluding hydrogens is 581 g/mol. The molecule has 10 nitrogen and oxygen atoms in total. The molecule has 5 rings (SSSR count). The van der Waals surface area contributed by atoms with Gasteiger partial charge in [0.25, 0.3) is 5.91 Å². The Morgan fingerprint density at radius 3 is 2.45 bits per heavy atom. The maximum Gasteiger partial charge on any atom is 0.416 e. The van der Waals surface area contributed by atoms with E-state index in [0.717, 1.165) is 22.6 Å². The number of anilines is 2. The maximum absolute atomic E-state index is 14.0. The van der Waals surface area contributed by atoms with Gasteiger partial charge in [-0.2, -0.15) is 13.2 Å². The number of hydrogen-bond donors (Lipinski definition) is 3. The summed E-state index contributed by atoms with van der Waals surface area (Å²) in [6, 6.07) is 16.7. The summed E-state index contributed by atoms with van der Waals surface area (Å²) in [7, 11) is 1.36. The fourth-order valence-electron chi connectivity index (χ4n) is 5.55. The van der Waals surface area contributed by atoms with E-state index >= 15 is 0 Å². The van der Waals surface area contributed by atoms with Gasteiger partial charge < -0.3 is 20.1 Å². The molecule has 0 aliphatic carbocycles. The van der Waals surface area contributed by atoms with Crippen LogP contribution in [0.4, 0.5) is 34.1 Å². The Balaban J connectivity index is 1.42. The van der Waals surface area contributed by atoms with Gasteiger partial charge in [0.05, 0.1) is 17.8 Å². The molecule has 0 bridgehead atoms. The first-order chi connectivity index (χ1) is 20.9. The number of amides is 4. The van der Waals surface area contributed by atoms with Gasteiger partial charge in [-0.15, -0.1) is 0 Å². The van der Waals surface area contributed by atoms with Crippen molar-refractivity contribution in [3.05, 3.63) is 95.1 Å². The van der Waals surface area contributed by atoms with Gasteiger partial charge in [-0.3, -0.25) is 19.8 Å². The fraction of sp³-hybridized carbons (Fsp3) is 0.290. The van der Waals surface area contributed by atoms with Crippen molar-refractivity contribution >= 4 is 35.4 Å². The van der Waals surface area contributed by atoms with Crippen LogP contribution in [0.2, 0.25) is 0 Å². The fourth-order valence-corrected chi connectivity index (χ4v) is 5.55. The van der Waals surface area contributed by atoms with Crippen molar-refractivity contribution in [3.8, 4) is 0 Å². The van der Waals surface area contributed by atoms with E-state index in [0.29, 0.717) is 12.1 Å². The van der Waals surface area contributed by atoms with Crippen molar-refractivity contribution in [1.82, 2.24) is 10.2 Å². The smallest absolute Gasteiger partial charge is 0.416 e. The molecule has 1 fully saturated rings. The number of hydrogen-bond acceptors (Lipinski definition) is 5. The van der Waals surface area contributed by atoms with E-state index in [-0.39, 0.29) is 42.7 Å². The summed E-state index contributed by atoms with van der Waals surface area (Å²) >= 11 is 0. The molecule has 0 aromatic heterocycles. The largest absolute Gasteiger partial charge is 0.465 e. The number of ether oxygens (including phenoxy) is 1. The SMILES string of the molecule is CN(C(=O)O)c1ccc(C(=O)N[C@@H](Cc2ccccc2)C(=O)N2CCC[C@@]3(C2)OC(=O)Nc2ccc(C(F)(F)F)cc23)cc1. The van der Waals surface area contributed by atoms with E-state index in [9.17, 15) is 37.5 Å². The Bertz CT molecular complexity index is 1580. The van der Waals surface area contributed by atoms with Crippen molar-refractivity contribution in [2.75, 3.05) is 30.4 Å². The first-order valence-corrected chi connectivity index (χ1v) is 13.8. The van der Waals surface area contributed by atoms with Crippen LogP contribution in [0.3, 0.4) is 0 Å². The number of nitrogens with zero attached hydrogens (tertiary/aromatic N) is 2. The highest BCUT2D eigenvalue weighted by Crippen LogP contribution is 2.44. The first kappa shape index (κ1) is 30.4. The second kappa shape index (κ2) is 11.9. The number of rotatable bonds is 6. The van der Waals surface area contributed by atoms with E-state index < -0.39 is 47.4 Å². The highest BCUT2D eigenvalue weighted by atomic mass is 19.4. The zero-order chi connectivity index (χ0) is 31.6. The number of likely N-dealkylation sites (tertiary alicyclic amines) is 1. The van der Waals surface area contributed by atoms with Crippen molar-refractivity contribution in [3.63, 3.8) is 0 Å². The lowest BCUT2D eigenvalue weighted by Gasteiger charge is -2.45. The summed E-state index contributed by atoms with van der Waals surface area (Å²) in [6.45, 7) is 0.0299. The van der Waals surface area contributed by atoms with E-state index in [4.69, 9.17) is 4.74 Å². The average molecular weight is 611 g/mol. The molecule has 230 valence electrons. The van der Waals surface area contributed by atoms with Gasteiger partial charge in [0.1, 0.15) is 6.04 Å². The molecule has 1 spiro atoms. The Labute approximate surface area is 250 Å². The lowest BCUT2D eigenvalue weighted by Crippen LogP contribution is -2.57. The molecule has 4 amide bonds. The summed E-state index contributed by atoms with van der Waals surface area (Å²) < 4.78 is 46.5. The monoisotopic (exact) mass is 610 g/mol. The molecule has 0 unspecified atom stereocenters. The van der Waals surface area contributed by atoms with E-state index in [2.05, 4.69) is 10.6 Å². The van der Waals surface area contributed by atoms with E-state index in [1.54, 1.807) is 30.3 Å². The number of piperidine rings is 1. The van der Waals surface area contributed by atoms with Gasteiger partial charge >= 0.3 is 18.4 Å². The van der Waals surface area contributed by atoms with Gasteiger partial charge in [-0.25, -0.2) is 9.59 Å². The minimum absolute atomic E-state index is 0.116. The number of benzene rings is 3. The molecule has 3 aromatic rings. The average Bonchev–Trinajstić information content (AvgIpc) is 3.00. The first-order valence-electron chi connectivity index (χ1n) is 13.8. The standard InChI is InChI=1S/C31H29F3N4O6/c1-37(29(42)43)22-11-8-20(9-12-22)26(39)35-25(16-19-6-3-2-4-7-19)27(40)38-15-5-14-30(18-38)23-17-21(31(32,33)34)10-13-24(23)36-28(41)44-30/h2-4,6-13,17,25H,5,14-16,18H2,1H3,(H,35,39)(H,36,41)(H,42,43)/t25-,30-/m0/s1. The van der Waals surface area contributed by atoms with Gasteiger partial charge in [0, 0.05) is 36.8 Å². The highest BCUT2D eigenvalue weighted by Gasteiger charge is 2.48. The molecule has 2 aliphatic rings. The Morgan fingerprint density at radius 1 is 1.09 bits per heavy atom. The van der Waals surface area contributed by atoms with Crippen LogP contribution in [0.1, 0.15) is 39.9 Å². The zero-order valence-corrected chi connectivity index (χ0v) is 23.6. The van der Waals surface area contributed by atoms with Crippen molar-refractivity contribution in [2.45, 2.75) is 37.1 Å². The second-order valence-corrected chi connectivity index (χ2v) is 10.7. The number of carbonyl (C=O) groups is 4. The number of fused-ring (bicyclic) bond motifs is 2. The number of carbonyl (C=O) groups excluding carboxylic acids is 3. The molecule has 3 aromatic carbocycles. The lowest BCUT2D eigenvalue weighted by atomic mass is 9.82. The van der Waals surface area contributed by atoms with Crippen LogP contribution in [0.5, 0.6) is 0 Å². The molecule has 2 atom stereocenters. The minimum atomic E-state index is -4.63. The Morgan fingerprint density at radius 2 is 1.80 bits per heavy atom. The van der Waals surface area contributed by atoms with Crippen LogP contribution in [-0.4, -0.2) is 60.2 Å². The second-order valence-electron chi connectivity index (χ2n) is 10.7. The third-order valence-corrected chi connectivity index (χ3v) is 7.82. The molecule has 2 heterocycles. The van der Waals surface area contributed by atoms with Crippen molar-refractivity contribution < 1.29 is 42.2 Å². The van der Waals surface area contributed by atoms with Crippen LogP contribution in [-0.2, 0) is 27.7 Å². The lowest BCUT2D eigenvalue weighted by molar-refractivity contribution is -0.142. The van der Waals surface area contributed by atoms with E-state index in [1.165, 1.54) is 42.3 Å². The molecule has 1 saturated heterocycles. The van der Waals surface area contributed by atoms with E-state index in [1.807, 2.05) is 0 Å². The summed E-state index contributed by atoms with van der Waals surface area (Å²) in [5, 5.41) is 14.4. The quantitative estimate of drug-likeness (QED) is 0.350. The number of carboxylic acid groups (broad SMARTS) is 1. The van der Waals surface area contributed by atoms with Crippen LogP contribution in [0.15, 0.2) is 72.8 Å². The molecular formula is C31H29F3N4O6. The Kier molecular flexibility index (Phi) is 8.22.